The Labute approximate surface area is 190 Å². The molecule has 0 fully saturated rings. The van der Waals surface area contributed by atoms with Crippen molar-refractivity contribution >= 4 is 35.6 Å². The average molecular weight is 517 g/mol. The van der Waals surface area contributed by atoms with Crippen LogP contribution >= 0.6 is 24.0 Å². The number of ether oxygens (including phenoxy) is 3. The predicted molar refractivity (Wildman–Crippen MR) is 127 cm³/mol. The number of hydrogen-bond donors (Lipinski definition) is 2. The first-order chi connectivity index (χ1) is 13.6. The molecule has 162 valence electrons. The summed E-state index contributed by atoms with van der Waals surface area (Å²) in [6.45, 7) is 6.51. The van der Waals surface area contributed by atoms with Gasteiger partial charge in [0.1, 0.15) is 5.82 Å². The van der Waals surface area contributed by atoms with Crippen molar-refractivity contribution in [2.24, 2.45) is 4.99 Å². The summed E-state index contributed by atoms with van der Waals surface area (Å²) in [5.74, 6) is 3.51. The molecule has 1 heterocycles. The van der Waals surface area contributed by atoms with Gasteiger partial charge in [0.15, 0.2) is 17.5 Å². The third kappa shape index (κ3) is 7.30. The standard InChI is InChI=1S/C20H31N5O3.HI/c1-6-21-20(23-9-7-8-11-25-12-10-22-15(25)2)24-16-13-17(26-3)19(28-5)18(14-16)27-4;/h10,12-14H,6-9,11H2,1-5H3,(H2,21,23,24);1H. The minimum Gasteiger partial charge on any atom is -0.493 e. The number of rotatable bonds is 10. The molecule has 0 aliphatic carbocycles. The van der Waals surface area contributed by atoms with Crippen LogP contribution in [0.15, 0.2) is 29.5 Å². The number of anilines is 1. The van der Waals surface area contributed by atoms with Crippen molar-refractivity contribution < 1.29 is 14.2 Å². The van der Waals surface area contributed by atoms with Crippen LogP contribution in [-0.4, -0.2) is 49.9 Å². The topological polar surface area (TPSA) is 81.9 Å². The van der Waals surface area contributed by atoms with E-state index in [2.05, 4.69) is 25.2 Å². The lowest BCUT2D eigenvalue weighted by molar-refractivity contribution is 0.324. The molecular weight excluding hydrogens is 485 g/mol. The number of aryl methyl sites for hydroxylation is 2. The Bertz CT molecular complexity index is 754. The number of guanidine groups is 1. The number of unbranched alkanes of at least 4 members (excludes halogenated alkanes) is 1. The van der Waals surface area contributed by atoms with E-state index >= 15 is 0 Å². The van der Waals surface area contributed by atoms with E-state index in [1.807, 2.05) is 38.4 Å². The normalized spacial score (nSPS) is 10.9. The van der Waals surface area contributed by atoms with Gasteiger partial charge in [0.05, 0.1) is 21.3 Å². The highest BCUT2D eigenvalue weighted by molar-refractivity contribution is 14.0. The van der Waals surface area contributed by atoms with E-state index in [1.54, 1.807) is 21.3 Å². The zero-order valence-corrected chi connectivity index (χ0v) is 20.1. The smallest absolute Gasteiger partial charge is 0.203 e. The maximum absolute atomic E-state index is 5.41. The summed E-state index contributed by atoms with van der Waals surface area (Å²) in [5.41, 5.74) is 0.809. The van der Waals surface area contributed by atoms with Crippen molar-refractivity contribution in [3.63, 3.8) is 0 Å². The van der Waals surface area contributed by atoms with Gasteiger partial charge in [-0.3, -0.25) is 4.99 Å². The summed E-state index contributed by atoms with van der Waals surface area (Å²) in [5, 5.41) is 6.56. The van der Waals surface area contributed by atoms with Crippen LogP contribution in [0.3, 0.4) is 0 Å². The molecule has 0 saturated carbocycles. The second-order valence-electron chi connectivity index (χ2n) is 6.17. The Kier molecular flexibility index (Phi) is 11.3. The fourth-order valence-corrected chi connectivity index (χ4v) is 2.82. The first-order valence-electron chi connectivity index (χ1n) is 9.46. The van der Waals surface area contributed by atoms with E-state index in [-0.39, 0.29) is 24.0 Å². The van der Waals surface area contributed by atoms with Gasteiger partial charge in [0.2, 0.25) is 5.75 Å². The second-order valence-corrected chi connectivity index (χ2v) is 6.17. The van der Waals surface area contributed by atoms with Gasteiger partial charge in [-0.05, 0) is 26.7 Å². The highest BCUT2D eigenvalue weighted by Gasteiger charge is 2.13. The van der Waals surface area contributed by atoms with Crippen molar-refractivity contribution in [3.05, 3.63) is 30.4 Å². The van der Waals surface area contributed by atoms with Crippen LogP contribution in [-0.2, 0) is 6.54 Å². The fourth-order valence-electron chi connectivity index (χ4n) is 2.82. The molecule has 0 unspecified atom stereocenters. The molecule has 29 heavy (non-hydrogen) atoms. The molecule has 0 aliphatic heterocycles. The van der Waals surface area contributed by atoms with Gasteiger partial charge in [-0.15, -0.1) is 24.0 Å². The number of nitrogens with zero attached hydrogens (tertiary/aromatic N) is 3. The van der Waals surface area contributed by atoms with E-state index in [9.17, 15) is 0 Å². The Balaban J connectivity index is 0.00000420. The van der Waals surface area contributed by atoms with E-state index in [4.69, 9.17) is 14.2 Å². The Morgan fingerprint density at radius 1 is 1.10 bits per heavy atom. The third-order valence-corrected chi connectivity index (χ3v) is 4.27. The van der Waals surface area contributed by atoms with E-state index in [1.165, 1.54) is 0 Å². The molecule has 9 heteroatoms. The zero-order chi connectivity index (χ0) is 20.4. The fraction of sp³-hybridized carbons (Fsp3) is 0.500. The zero-order valence-electron chi connectivity index (χ0n) is 17.8. The minimum absolute atomic E-state index is 0. The van der Waals surface area contributed by atoms with Crippen LogP contribution in [0.2, 0.25) is 0 Å². The number of benzene rings is 1. The Morgan fingerprint density at radius 2 is 1.79 bits per heavy atom. The molecule has 8 nitrogen and oxygen atoms in total. The monoisotopic (exact) mass is 517 g/mol. The summed E-state index contributed by atoms with van der Waals surface area (Å²) >= 11 is 0. The molecule has 0 bridgehead atoms. The van der Waals surface area contributed by atoms with Crippen molar-refractivity contribution in [3.8, 4) is 17.2 Å². The molecule has 0 atom stereocenters. The first-order valence-corrected chi connectivity index (χ1v) is 9.46. The molecule has 0 spiro atoms. The molecule has 1 aromatic carbocycles. The molecule has 0 amide bonds. The van der Waals surface area contributed by atoms with Crippen molar-refractivity contribution in [2.75, 3.05) is 39.7 Å². The summed E-state index contributed by atoms with van der Waals surface area (Å²) in [6.07, 6.45) is 5.88. The molecule has 1 aromatic heterocycles. The van der Waals surface area contributed by atoms with Gasteiger partial charge in [-0.1, -0.05) is 0 Å². The molecule has 0 radical (unpaired) electrons. The van der Waals surface area contributed by atoms with Gasteiger partial charge >= 0.3 is 0 Å². The lowest BCUT2D eigenvalue weighted by Gasteiger charge is -2.16. The van der Waals surface area contributed by atoms with E-state index in [0.717, 1.165) is 49.9 Å². The van der Waals surface area contributed by atoms with Crippen LogP contribution in [0.1, 0.15) is 25.6 Å². The second kappa shape index (κ2) is 13.1. The summed E-state index contributed by atoms with van der Waals surface area (Å²) in [4.78, 5) is 8.90. The van der Waals surface area contributed by atoms with Crippen LogP contribution in [0.4, 0.5) is 5.69 Å². The molecule has 0 aliphatic rings. The van der Waals surface area contributed by atoms with Gasteiger partial charge in [-0.25, -0.2) is 4.98 Å². The van der Waals surface area contributed by atoms with Crippen LogP contribution in [0.25, 0.3) is 0 Å². The third-order valence-electron chi connectivity index (χ3n) is 4.27. The summed E-state index contributed by atoms with van der Waals surface area (Å²) in [6, 6.07) is 3.71. The quantitative estimate of drug-likeness (QED) is 0.217. The number of halogens is 1. The number of aromatic nitrogens is 2. The van der Waals surface area contributed by atoms with Gasteiger partial charge < -0.3 is 29.4 Å². The van der Waals surface area contributed by atoms with E-state index in [0.29, 0.717) is 17.2 Å². The molecule has 0 saturated heterocycles. The summed E-state index contributed by atoms with van der Waals surface area (Å²) < 4.78 is 18.3. The lowest BCUT2D eigenvalue weighted by Crippen LogP contribution is -2.30. The SMILES string of the molecule is CCNC(=NCCCCn1ccnc1C)Nc1cc(OC)c(OC)c(OC)c1.I. The predicted octanol–water partition coefficient (Wildman–Crippen LogP) is 3.69. The van der Waals surface area contributed by atoms with Crippen molar-refractivity contribution in [2.45, 2.75) is 33.2 Å². The number of aliphatic imine (C=N–C) groups is 1. The average Bonchev–Trinajstić information content (AvgIpc) is 3.11. The Hall–Kier alpha value is -2.17. The highest BCUT2D eigenvalue weighted by atomic mass is 127. The van der Waals surface area contributed by atoms with Gasteiger partial charge in [-0.2, -0.15) is 0 Å². The maximum Gasteiger partial charge on any atom is 0.203 e. The van der Waals surface area contributed by atoms with Crippen LogP contribution in [0.5, 0.6) is 17.2 Å². The van der Waals surface area contributed by atoms with Gasteiger partial charge in [0, 0.05) is 49.8 Å². The highest BCUT2D eigenvalue weighted by Crippen LogP contribution is 2.39. The number of hydrogen-bond acceptors (Lipinski definition) is 5. The molecule has 2 rings (SSSR count). The first kappa shape index (κ1) is 24.9. The number of imidazole rings is 1. The molecular formula is C20H32IN5O3. The number of methoxy groups -OCH3 is 3. The summed E-state index contributed by atoms with van der Waals surface area (Å²) in [7, 11) is 4.79. The lowest BCUT2D eigenvalue weighted by atomic mass is 10.2. The molecule has 2 N–H and O–H groups in total. The van der Waals surface area contributed by atoms with Crippen molar-refractivity contribution in [1.82, 2.24) is 14.9 Å². The largest absolute Gasteiger partial charge is 0.493 e. The minimum atomic E-state index is 0. The number of nitrogens with one attached hydrogen (secondary N) is 2. The maximum atomic E-state index is 5.41. The Morgan fingerprint density at radius 3 is 2.31 bits per heavy atom. The molecule has 2 aromatic rings. The van der Waals surface area contributed by atoms with Gasteiger partial charge in [0.25, 0.3) is 0 Å². The van der Waals surface area contributed by atoms with Crippen molar-refractivity contribution in [1.29, 1.82) is 0 Å². The van der Waals surface area contributed by atoms with Crippen LogP contribution in [0, 0.1) is 6.92 Å². The van der Waals surface area contributed by atoms with E-state index < -0.39 is 0 Å². The van der Waals surface area contributed by atoms with Crippen LogP contribution < -0.4 is 24.8 Å².